The summed E-state index contributed by atoms with van der Waals surface area (Å²) in [5.41, 5.74) is 9.17. The van der Waals surface area contributed by atoms with E-state index in [2.05, 4.69) is 5.32 Å². The first-order valence-corrected chi connectivity index (χ1v) is 17.0. The molecule has 0 aliphatic rings. The summed E-state index contributed by atoms with van der Waals surface area (Å²) >= 11 is 0. The van der Waals surface area contributed by atoms with Crippen molar-refractivity contribution in [2.45, 2.75) is 90.6 Å². The van der Waals surface area contributed by atoms with E-state index in [1.807, 2.05) is 63.2 Å². The van der Waals surface area contributed by atoms with Crippen molar-refractivity contribution in [2.75, 3.05) is 19.6 Å². The van der Waals surface area contributed by atoms with Gasteiger partial charge in [-0.2, -0.15) is 0 Å². The van der Waals surface area contributed by atoms with Gasteiger partial charge in [-0.25, -0.2) is 13.6 Å². The molecule has 3 aromatic carbocycles. The van der Waals surface area contributed by atoms with Gasteiger partial charge in [-0.3, -0.25) is 9.59 Å². The second-order valence-corrected chi connectivity index (χ2v) is 12.3. The molecule has 4 N–H and O–H groups in total. The number of halogens is 2. The van der Waals surface area contributed by atoms with E-state index in [9.17, 15) is 28.3 Å². The second-order valence-electron chi connectivity index (χ2n) is 12.3. The summed E-state index contributed by atoms with van der Waals surface area (Å²) in [7, 11) is 0. The molecule has 0 saturated heterocycles. The molecule has 49 heavy (non-hydrogen) atoms. The predicted octanol–water partition coefficient (Wildman–Crippen LogP) is 5.51. The van der Waals surface area contributed by atoms with Crippen LogP contribution in [0.1, 0.15) is 68.7 Å². The van der Waals surface area contributed by atoms with Crippen LogP contribution in [0.15, 0.2) is 72.8 Å². The highest BCUT2D eigenvalue weighted by atomic mass is 19.1. The number of ether oxygens (including phenoxy) is 1. The zero-order valence-electron chi connectivity index (χ0n) is 28.7. The first kappa shape index (κ1) is 39.1. The number of aliphatic hydroxyl groups is 1. The van der Waals surface area contributed by atoms with E-state index in [0.29, 0.717) is 13.1 Å². The minimum atomic E-state index is -1.29. The third-order valence-corrected chi connectivity index (χ3v) is 8.17. The van der Waals surface area contributed by atoms with Crippen molar-refractivity contribution in [3.8, 4) is 0 Å². The van der Waals surface area contributed by atoms with E-state index in [4.69, 9.17) is 10.5 Å². The maximum atomic E-state index is 14.3. The minimum Gasteiger partial charge on any atom is -0.445 e. The predicted molar refractivity (Wildman–Crippen MR) is 185 cm³/mol. The molecule has 0 heterocycles. The van der Waals surface area contributed by atoms with Crippen molar-refractivity contribution in [3.63, 3.8) is 0 Å². The highest BCUT2D eigenvalue weighted by molar-refractivity contribution is 5.86. The lowest BCUT2D eigenvalue weighted by Gasteiger charge is -2.32. The number of benzene rings is 3. The molecule has 0 aliphatic heterocycles. The van der Waals surface area contributed by atoms with Gasteiger partial charge in [0.05, 0.1) is 6.10 Å². The number of nitrogens with two attached hydrogens (primary N) is 1. The van der Waals surface area contributed by atoms with Crippen LogP contribution >= 0.6 is 0 Å². The summed E-state index contributed by atoms with van der Waals surface area (Å²) in [4.78, 5) is 43.7. The van der Waals surface area contributed by atoms with Crippen molar-refractivity contribution in [1.82, 2.24) is 15.1 Å². The highest BCUT2D eigenvalue weighted by Crippen LogP contribution is 2.16. The lowest BCUT2D eigenvalue weighted by Crippen LogP contribution is -2.53. The Morgan fingerprint density at radius 3 is 2.10 bits per heavy atom. The van der Waals surface area contributed by atoms with Crippen molar-refractivity contribution >= 4 is 17.9 Å². The molecule has 3 aromatic rings. The van der Waals surface area contributed by atoms with Crippen molar-refractivity contribution in [3.05, 3.63) is 107 Å². The molecule has 9 nitrogen and oxygen atoms in total. The van der Waals surface area contributed by atoms with Crippen LogP contribution in [0.4, 0.5) is 13.6 Å². The number of carbonyl (C=O) groups is 3. The maximum absolute atomic E-state index is 14.3. The molecule has 0 bridgehead atoms. The number of hydrogen-bond acceptors (Lipinski definition) is 6. The van der Waals surface area contributed by atoms with Gasteiger partial charge in [0.25, 0.3) is 0 Å². The number of nitrogens with zero attached hydrogens (tertiary/aromatic N) is 2. The van der Waals surface area contributed by atoms with Gasteiger partial charge >= 0.3 is 6.09 Å². The molecule has 3 atom stereocenters. The van der Waals surface area contributed by atoms with Crippen molar-refractivity contribution in [2.24, 2.45) is 5.73 Å². The summed E-state index contributed by atoms with van der Waals surface area (Å²) in [6, 6.07) is 17.7. The molecule has 0 saturated carbocycles. The molecule has 3 amide bonds. The summed E-state index contributed by atoms with van der Waals surface area (Å²) in [6.45, 7) is 6.96. The number of amides is 3. The SMILES string of the molecule is CCCN(CCC)C(=O)CC[C@H](NC(=O)OCc1ccccc1)C(=O)N(Cc1cccc(CC)c1)C[C@@H](O)[C@@H](N)Cc1cc(F)cc(F)c1. The molecule has 0 spiro atoms. The van der Waals surface area contributed by atoms with Gasteiger partial charge in [0.15, 0.2) is 0 Å². The van der Waals surface area contributed by atoms with Crippen LogP contribution in [0.2, 0.25) is 0 Å². The number of rotatable bonds is 19. The monoisotopic (exact) mass is 680 g/mol. The first-order valence-electron chi connectivity index (χ1n) is 17.0. The molecule has 11 heteroatoms. The molecular formula is C38H50F2N4O5. The van der Waals surface area contributed by atoms with Gasteiger partial charge in [0, 0.05) is 44.7 Å². The number of alkyl carbamates (subject to hydrolysis) is 1. The molecule has 266 valence electrons. The van der Waals surface area contributed by atoms with Crippen LogP contribution < -0.4 is 11.1 Å². The Morgan fingerprint density at radius 1 is 0.837 bits per heavy atom. The fourth-order valence-electron chi connectivity index (χ4n) is 5.61. The first-order chi connectivity index (χ1) is 23.5. The lowest BCUT2D eigenvalue weighted by molar-refractivity contribution is -0.136. The topological polar surface area (TPSA) is 125 Å². The number of aryl methyl sites for hydroxylation is 1. The lowest BCUT2D eigenvalue weighted by atomic mass is 10.0. The van der Waals surface area contributed by atoms with Gasteiger partial charge < -0.3 is 30.7 Å². The van der Waals surface area contributed by atoms with Gasteiger partial charge in [0.1, 0.15) is 24.3 Å². The van der Waals surface area contributed by atoms with E-state index in [0.717, 1.165) is 54.2 Å². The van der Waals surface area contributed by atoms with Crippen LogP contribution in [0.5, 0.6) is 0 Å². The fourth-order valence-corrected chi connectivity index (χ4v) is 5.61. The van der Waals surface area contributed by atoms with E-state index >= 15 is 0 Å². The number of nitrogens with one attached hydrogen (secondary N) is 1. The Morgan fingerprint density at radius 2 is 1.47 bits per heavy atom. The Bertz CT molecular complexity index is 1470. The third-order valence-electron chi connectivity index (χ3n) is 8.17. The van der Waals surface area contributed by atoms with Crippen molar-refractivity contribution < 1.29 is 33.0 Å². The zero-order chi connectivity index (χ0) is 35.8. The standard InChI is InChI=1S/C38H50F2N4O5/c1-4-17-43(18-5-2)36(46)16-15-34(42-38(48)49-26-28-11-8-7-9-12-28)37(47)44(24-29-14-10-13-27(6-3)19-29)25-35(45)33(41)22-30-20-31(39)23-32(40)21-30/h7-14,19-21,23,33-35,45H,4-6,15-18,22,24-26,41H2,1-3H3,(H,42,48)/t33-,34-,35+/m0/s1. The average molecular weight is 681 g/mol. The Balaban J connectivity index is 1.87. The quantitative estimate of drug-likeness (QED) is 0.153. The van der Waals surface area contributed by atoms with Crippen molar-refractivity contribution in [1.29, 1.82) is 0 Å². The number of aliphatic hydroxyl groups excluding tert-OH is 1. The molecule has 3 rings (SSSR count). The summed E-state index contributed by atoms with van der Waals surface area (Å²) in [5.74, 6) is -2.19. The van der Waals surface area contributed by atoms with Crippen LogP contribution in [-0.2, 0) is 40.3 Å². The van der Waals surface area contributed by atoms with E-state index in [1.54, 1.807) is 17.0 Å². The normalized spacial score (nSPS) is 12.9. The largest absolute Gasteiger partial charge is 0.445 e. The van der Waals surface area contributed by atoms with Crippen LogP contribution in [0.25, 0.3) is 0 Å². The Kier molecular flexibility index (Phi) is 16.1. The maximum Gasteiger partial charge on any atom is 0.408 e. The van der Waals surface area contributed by atoms with Crippen LogP contribution in [0.3, 0.4) is 0 Å². The second kappa shape index (κ2) is 20.2. The zero-order valence-corrected chi connectivity index (χ0v) is 28.7. The summed E-state index contributed by atoms with van der Waals surface area (Å²) in [5, 5.41) is 13.9. The van der Waals surface area contributed by atoms with E-state index in [1.165, 1.54) is 4.90 Å². The van der Waals surface area contributed by atoms with E-state index in [-0.39, 0.29) is 50.4 Å². The fraction of sp³-hybridized carbons (Fsp3) is 0.447. The number of carbonyl (C=O) groups excluding carboxylic acids is 3. The molecule has 0 radical (unpaired) electrons. The summed E-state index contributed by atoms with van der Waals surface area (Å²) < 4.78 is 33.1. The summed E-state index contributed by atoms with van der Waals surface area (Å²) in [6.07, 6.45) is 0.168. The Labute approximate surface area is 288 Å². The third kappa shape index (κ3) is 13.2. The molecule has 0 unspecified atom stereocenters. The Hall–Kier alpha value is -4.35. The minimum absolute atomic E-state index is 0.00172. The molecule has 0 fully saturated rings. The number of hydrogen-bond donors (Lipinski definition) is 3. The molecular weight excluding hydrogens is 630 g/mol. The average Bonchev–Trinajstić information content (AvgIpc) is 3.08. The van der Waals surface area contributed by atoms with Gasteiger partial charge in [0.2, 0.25) is 11.8 Å². The van der Waals surface area contributed by atoms with Gasteiger partial charge in [-0.05, 0) is 66.5 Å². The van der Waals surface area contributed by atoms with E-state index < -0.39 is 41.8 Å². The van der Waals surface area contributed by atoms with Gasteiger partial charge in [-0.15, -0.1) is 0 Å². The van der Waals surface area contributed by atoms with Crippen LogP contribution in [-0.4, -0.2) is 70.6 Å². The van der Waals surface area contributed by atoms with Crippen LogP contribution in [0, 0.1) is 11.6 Å². The molecule has 0 aliphatic carbocycles. The smallest absolute Gasteiger partial charge is 0.408 e. The van der Waals surface area contributed by atoms with Gasteiger partial charge in [-0.1, -0.05) is 75.4 Å². The highest BCUT2D eigenvalue weighted by Gasteiger charge is 2.31. The molecule has 0 aromatic heterocycles.